The van der Waals surface area contributed by atoms with Crippen molar-refractivity contribution in [3.8, 4) is 0 Å². The highest BCUT2D eigenvalue weighted by Crippen LogP contribution is 2.12. The molecule has 0 spiro atoms. The second kappa shape index (κ2) is 4.99. The molecule has 0 aromatic rings. The van der Waals surface area contributed by atoms with Crippen molar-refractivity contribution >= 4 is 23.7 Å². The lowest BCUT2D eigenvalue weighted by atomic mass is 10.1. The second-order valence-electron chi connectivity index (χ2n) is 4.08. The molecule has 0 aromatic carbocycles. The highest BCUT2D eigenvalue weighted by Gasteiger charge is 2.37. The maximum absolute atomic E-state index is 11.7. The average Bonchev–Trinajstić information content (AvgIpc) is 2.54. The van der Waals surface area contributed by atoms with Gasteiger partial charge in [-0.1, -0.05) is 0 Å². The summed E-state index contributed by atoms with van der Waals surface area (Å²) in [6.07, 6.45) is -0.0968. The Morgan fingerprint density at radius 1 is 1.28 bits per heavy atom. The first kappa shape index (κ1) is 13.9. The Kier molecular flexibility index (Phi) is 3.85. The van der Waals surface area contributed by atoms with Crippen molar-refractivity contribution < 1.29 is 24.3 Å². The summed E-state index contributed by atoms with van der Waals surface area (Å²) in [6.45, 7) is 2.65. The Labute approximate surface area is 103 Å². The molecule has 0 aromatic heterocycles. The van der Waals surface area contributed by atoms with Crippen LogP contribution in [0.15, 0.2) is 11.1 Å². The third-order valence-corrected chi connectivity index (χ3v) is 2.91. The van der Waals surface area contributed by atoms with Crippen LogP contribution < -0.4 is 5.32 Å². The highest BCUT2D eigenvalue weighted by atomic mass is 16.4. The van der Waals surface area contributed by atoms with Gasteiger partial charge in [0.1, 0.15) is 6.04 Å². The summed E-state index contributed by atoms with van der Waals surface area (Å²) in [5.74, 6) is -2.72. The monoisotopic (exact) mass is 254 g/mol. The van der Waals surface area contributed by atoms with Crippen LogP contribution in [0.2, 0.25) is 0 Å². The lowest BCUT2D eigenvalue weighted by Crippen LogP contribution is -2.41. The minimum Gasteiger partial charge on any atom is -0.478 e. The number of hydrogen-bond donors (Lipinski definition) is 2. The molecule has 1 atom stereocenters. The van der Waals surface area contributed by atoms with Crippen molar-refractivity contribution in [2.75, 3.05) is 7.05 Å². The summed E-state index contributed by atoms with van der Waals surface area (Å²) in [7, 11) is 1.34. The maximum Gasteiger partial charge on any atom is 0.331 e. The van der Waals surface area contributed by atoms with E-state index in [1.807, 2.05) is 0 Å². The van der Waals surface area contributed by atoms with Gasteiger partial charge >= 0.3 is 5.97 Å². The summed E-state index contributed by atoms with van der Waals surface area (Å²) in [6, 6.07) is -0.911. The van der Waals surface area contributed by atoms with E-state index in [2.05, 4.69) is 5.32 Å². The summed E-state index contributed by atoms with van der Waals surface area (Å²) in [4.78, 5) is 46.1. The zero-order valence-electron chi connectivity index (χ0n) is 10.3. The largest absolute Gasteiger partial charge is 0.478 e. The third kappa shape index (κ3) is 2.55. The predicted octanol–water partition coefficient (Wildman–Crippen LogP) is -0.719. The standard InChI is InChI=1S/C11H14N2O5/c1-5(6(2)11(17)18)9(15)12-7-4-8(14)13(3)10(7)16/h7H,4H2,1-3H3,(H,12,15)(H,17,18). The first-order chi connectivity index (χ1) is 8.25. The lowest BCUT2D eigenvalue weighted by molar-refractivity contribution is -0.138. The van der Waals surface area contributed by atoms with Crippen LogP contribution in [0.1, 0.15) is 20.3 Å². The normalized spacial score (nSPS) is 20.8. The van der Waals surface area contributed by atoms with Crippen molar-refractivity contribution in [1.82, 2.24) is 10.2 Å². The number of carbonyl (C=O) groups is 4. The van der Waals surface area contributed by atoms with E-state index in [0.717, 1.165) is 4.90 Å². The van der Waals surface area contributed by atoms with Gasteiger partial charge in [-0.15, -0.1) is 0 Å². The number of likely N-dealkylation sites (N-methyl/N-ethyl adjacent to an activating group) is 1. The predicted molar refractivity (Wildman–Crippen MR) is 60.3 cm³/mol. The molecule has 1 fully saturated rings. The molecule has 1 saturated heterocycles. The number of rotatable bonds is 3. The number of nitrogens with one attached hydrogen (secondary N) is 1. The number of imide groups is 1. The van der Waals surface area contributed by atoms with E-state index >= 15 is 0 Å². The molecule has 1 rings (SSSR count). The van der Waals surface area contributed by atoms with E-state index in [0.29, 0.717) is 0 Å². The fourth-order valence-corrected chi connectivity index (χ4v) is 1.47. The van der Waals surface area contributed by atoms with Gasteiger partial charge in [-0.05, 0) is 13.8 Å². The van der Waals surface area contributed by atoms with Crippen LogP contribution in [0.3, 0.4) is 0 Å². The molecular weight excluding hydrogens is 240 g/mol. The number of nitrogens with zero attached hydrogens (tertiary/aromatic N) is 1. The minimum atomic E-state index is -1.20. The lowest BCUT2D eigenvalue weighted by Gasteiger charge is -2.11. The molecule has 18 heavy (non-hydrogen) atoms. The number of carboxylic acids is 1. The molecule has 0 bridgehead atoms. The Bertz CT molecular complexity index is 466. The average molecular weight is 254 g/mol. The third-order valence-electron chi connectivity index (χ3n) is 2.91. The molecule has 7 heteroatoms. The van der Waals surface area contributed by atoms with Gasteiger partial charge in [-0.3, -0.25) is 19.3 Å². The van der Waals surface area contributed by atoms with Gasteiger partial charge in [0.25, 0.3) is 5.91 Å². The first-order valence-corrected chi connectivity index (χ1v) is 5.27. The van der Waals surface area contributed by atoms with Gasteiger partial charge in [0.2, 0.25) is 11.8 Å². The van der Waals surface area contributed by atoms with Crippen molar-refractivity contribution in [1.29, 1.82) is 0 Å². The van der Waals surface area contributed by atoms with E-state index in [9.17, 15) is 19.2 Å². The molecule has 3 amide bonds. The van der Waals surface area contributed by atoms with E-state index in [4.69, 9.17) is 5.11 Å². The number of carboxylic acid groups (broad SMARTS) is 1. The van der Waals surface area contributed by atoms with Gasteiger partial charge < -0.3 is 10.4 Å². The quantitative estimate of drug-likeness (QED) is 0.511. The Balaban J connectivity index is 2.79. The van der Waals surface area contributed by atoms with Crippen molar-refractivity contribution in [2.24, 2.45) is 0 Å². The van der Waals surface area contributed by atoms with Crippen LogP contribution in [0.4, 0.5) is 0 Å². The SMILES string of the molecule is CC(C(=O)O)=C(C)C(=O)NC1CC(=O)N(C)C1=O. The van der Waals surface area contributed by atoms with E-state index in [-0.39, 0.29) is 23.5 Å². The fourth-order valence-electron chi connectivity index (χ4n) is 1.47. The maximum atomic E-state index is 11.7. The van der Waals surface area contributed by atoms with Crippen LogP contribution in [0.25, 0.3) is 0 Å². The number of likely N-dealkylation sites (tertiary alicyclic amines) is 1. The van der Waals surface area contributed by atoms with Crippen LogP contribution in [-0.4, -0.2) is 46.8 Å². The number of amides is 3. The molecule has 1 heterocycles. The van der Waals surface area contributed by atoms with E-state index in [1.54, 1.807) is 0 Å². The zero-order valence-corrected chi connectivity index (χ0v) is 10.3. The summed E-state index contributed by atoms with van der Waals surface area (Å²) in [5, 5.41) is 11.1. The molecule has 1 aliphatic rings. The van der Waals surface area contributed by atoms with Crippen LogP contribution >= 0.6 is 0 Å². The van der Waals surface area contributed by atoms with Crippen molar-refractivity contribution in [3.63, 3.8) is 0 Å². The smallest absolute Gasteiger partial charge is 0.331 e. The number of carbonyl (C=O) groups excluding carboxylic acids is 3. The molecule has 1 aliphatic heterocycles. The highest BCUT2D eigenvalue weighted by molar-refractivity contribution is 6.08. The molecule has 98 valence electrons. The molecule has 0 aliphatic carbocycles. The molecular formula is C11H14N2O5. The van der Waals surface area contributed by atoms with Crippen LogP contribution in [-0.2, 0) is 19.2 Å². The van der Waals surface area contributed by atoms with Gasteiger partial charge in [0, 0.05) is 18.2 Å². The molecule has 7 nitrogen and oxygen atoms in total. The second-order valence-corrected chi connectivity index (χ2v) is 4.08. The summed E-state index contributed by atoms with van der Waals surface area (Å²) < 4.78 is 0. The molecule has 2 N–H and O–H groups in total. The van der Waals surface area contributed by atoms with Gasteiger partial charge in [-0.25, -0.2) is 4.79 Å². The van der Waals surface area contributed by atoms with E-state index in [1.165, 1.54) is 20.9 Å². The van der Waals surface area contributed by atoms with Gasteiger partial charge in [0.15, 0.2) is 0 Å². The van der Waals surface area contributed by atoms with Crippen molar-refractivity contribution in [3.05, 3.63) is 11.1 Å². The molecule has 0 radical (unpaired) electrons. The van der Waals surface area contributed by atoms with Gasteiger partial charge in [0.05, 0.1) is 6.42 Å². The fraction of sp³-hybridized carbons (Fsp3) is 0.455. The molecule has 0 saturated carbocycles. The van der Waals surface area contributed by atoms with Crippen LogP contribution in [0, 0.1) is 0 Å². The molecule has 1 unspecified atom stereocenters. The summed E-state index contributed by atoms with van der Waals surface area (Å²) in [5.41, 5.74) is -0.0880. The summed E-state index contributed by atoms with van der Waals surface area (Å²) >= 11 is 0. The first-order valence-electron chi connectivity index (χ1n) is 5.27. The number of aliphatic carboxylic acids is 1. The Morgan fingerprint density at radius 2 is 1.83 bits per heavy atom. The van der Waals surface area contributed by atoms with E-state index < -0.39 is 23.8 Å². The van der Waals surface area contributed by atoms with Gasteiger partial charge in [-0.2, -0.15) is 0 Å². The minimum absolute atomic E-state index is 0.0114. The number of hydrogen-bond acceptors (Lipinski definition) is 4. The topological polar surface area (TPSA) is 104 Å². The Morgan fingerprint density at radius 3 is 2.22 bits per heavy atom. The van der Waals surface area contributed by atoms with Crippen molar-refractivity contribution in [2.45, 2.75) is 26.3 Å². The van der Waals surface area contributed by atoms with Crippen LogP contribution in [0.5, 0.6) is 0 Å². The zero-order chi connectivity index (χ0) is 14.0. The Hall–Kier alpha value is -2.18.